The van der Waals surface area contributed by atoms with Crippen molar-refractivity contribution in [1.82, 2.24) is 9.88 Å². The lowest BCUT2D eigenvalue weighted by Crippen LogP contribution is -2.38. The minimum Gasteiger partial charge on any atom is -0.354 e. The van der Waals surface area contributed by atoms with Crippen molar-refractivity contribution in [2.24, 2.45) is 5.92 Å². The fourth-order valence-corrected chi connectivity index (χ4v) is 4.75. The predicted octanol–water partition coefficient (Wildman–Crippen LogP) is 4.46. The van der Waals surface area contributed by atoms with Crippen LogP contribution in [0.15, 0.2) is 48.7 Å². The third-order valence-corrected chi connectivity index (χ3v) is 6.38. The Bertz CT molecular complexity index is 944. The van der Waals surface area contributed by atoms with Gasteiger partial charge in [0.05, 0.1) is 0 Å². The van der Waals surface area contributed by atoms with E-state index in [2.05, 4.69) is 28.1 Å². The molecule has 1 fully saturated rings. The Morgan fingerprint density at radius 3 is 2.85 bits per heavy atom. The summed E-state index contributed by atoms with van der Waals surface area (Å²) in [6, 6.07) is 14.2. The van der Waals surface area contributed by atoms with Gasteiger partial charge in [0.1, 0.15) is 0 Å². The molecule has 0 aliphatic carbocycles. The first-order chi connectivity index (χ1) is 13.1. The third-order valence-electron chi connectivity index (χ3n) is 5.23. The zero-order valence-electron chi connectivity index (χ0n) is 15.9. The molecule has 1 aliphatic rings. The highest BCUT2D eigenvalue weighted by atomic mass is 32.1. The predicted molar refractivity (Wildman–Crippen MR) is 113 cm³/mol. The molecule has 140 valence electrons. The highest BCUT2D eigenvalue weighted by Crippen LogP contribution is 2.28. The average molecular weight is 380 g/mol. The third kappa shape index (κ3) is 3.89. The van der Waals surface area contributed by atoms with Crippen LogP contribution in [0.5, 0.6) is 0 Å². The van der Waals surface area contributed by atoms with E-state index >= 15 is 0 Å². The molecule has 27 heavy (non-hydrogen) atoms. The molecule has 1 aromatic heterocycles. The van der Waals surface area contributed by atoms with Gasteiger partial charge in [-0.25, -0.2) is 4.98 Å². The van der Waals surface area contributed by atoms with Crippen molar-refractivity contribution in [2.45, 2.75) is 19.4 Å². The maximum absolute atomic E-state index is 13.3. The number of Topliss-reactive ketones (excluding diaryl/α,β-unsaturated/α-hetero) is 1. The molecule has 0 radical (unpaired) electrons. The molecule has 0 spiro atoms. The minimum atomic E-state index is 0.0748. The average Bonchev–Trinajstić information content (AvgIpc) is 3.16. The van der Waals surface area contributed by atoms with Gasteiger partial charge in [0.25, 0.3) is 0 Å². The van der Waals surface area contributed by atoms with E-state index in [4.69, 9.17) is 0 Å². The normalized spacial score (nSPS) is 17.9. The lowest BCUT2D eigenvalue weighted by Gasteiger charge is -2.31. The topological polar surface area (TPSA) is 36.4 Å². The largest absolute Gasteiger partial charge is 0.354 e. The summed E-state index contributed by atoms with van der Waals surface area (Å²) in [5.74, 6) is 0.362. The fourth-order valence-electron chi connectivity index (χ4n) is 3.87. The number of anilines is 1. The van der Waals surface area contributed by atoms with Crippen LogP contribution in [0.4, 0.5) is 5.13 Å². The summed E-state index contributed by atoms with van der Waals surface area (Å²) in [6.07, 6.45) is 4.01. The summed E-state index contributed by atoms with van der Waals surface area (Å²) in [6.45, 7) is 2.76. The molecule has 1 saturated heterocycles. The zero-order valence-corrected chi connectivity index (χ0v) is 16.7. The van der Waals surface area contributed by atoms with Crippen LogP contribution in [0.25, 0.3) is 10.8 Å². The fraction of sp³-hybridized carbons (Fsp3) is 0.364. The lowest BCUT2D eigenvalue weighted by atomic mass is 9.88. The molecule has 2 aromatic carbocycles. The number of benzene rings is 2. The van der Waals surface area contributed by atoms with Gasteiger partial charge >= 0.3 is 0 Å². The van der Waals surface area contributed by atoms with Gasteiger partial charge in [-0.3, -0.25) is 9.69 Å². The molecule has 3 aromatic rings. The first kappa shape index (κ1) is 18.1. The Morgan fingerprint density at radius 2 is 2.04 bits per heavy atom. The first-order valence-electron chi connectivity index (χ1n) is 9.48. The molecular formula is C22H25N3OS. The minimum absolute atomic E-state index is 0.0748. The number of hydrogen-bond donors (Lipinski definition) is 0. The molecule has 0 N–H and O–H groups in total. The molecule has 0 bridgehead atoms. The maximum Gasteiger partial charge on any atom is 0.185 e. The first-order valence-corrected chi connectivity index (χ1v) is 10.3. The summed E-state index contributed by atoms with van der Waals surface area (Å²) >= 11 is 1.73. The molecule has 0 unspecified atom stereocenters. The summed E-state index contributed by atoms with van der Waals surface area (Å²) in [4.78, 5) is 23.4. The van der Waals surface area contributed by atoms with Crippen molar-refractivity contribution in [1.29, 1.82) is 0 Å². The molecule has 0 amide bonds. The van der Waals surface area contributed by atoms with E-state index in [1.54, 1.807) is 11.3 Å². The second-order valence-corrected chi connectivity index (χ2v) is 8.56. The van der Waals surface area contributed by atoms with Crippen molar-refractivity contribution in [3.05, 3.63) is 59.1 Å². The van der Waals surface area contributed by atoms with Gasteiger partial charge in [-0.05, 0) is 30.2 Å². The van der Waals surface area contributed by atoms with E-state index in [1.807, 2.05) is 49.5 Å². The Kier molecular flexibility index (Phi) is 5.23. The summed E-state index contributed by atoms with van der Waals surface area (Å²) in [5, 5.41) is 3.24. The maximum atomic E-state index is 13.3. The molecule has 0 saturated carbocycles. The molecule has 2 heterocycles. The Hall–Kier alpha value is -2.24. The van der Waals surface area contributed by atoms with Gasteiger partial charge in [0.2, 0.25) is 0 Å². The van der Waals surface area contributed by atoms with Crippen LogP contribution in [0, 0.1) is 5.92 Å². The van der Waals surface area contributed by atoms with Gasteiger partial charge in [0.15, 0.2) is 10.9 Å². The molecule has 4 nitrogen and oxygen atoms in total. The van der Waals surface area contributed by atoms with E-state index in [0.29, 0.717) is 0 Å². The number of piperidine rings is 1. The van der Waals surface area contributed by atoms with Crippen molar-refractivity contribution in [3.63, 3.8) is 0 Å². The molecule has 4 rings (SSSR count). The Labute approximate surface area is 164 Å². The lowest BCUT2D eigenvalue weighted by molar-refractivity contribution is 0.0814. The number of fused-ring (bicyclic) bond motifs is 1. The summed E-state index contributed by atoms with van der Waals surface area (Å²) in [5.41, 5.74) is 0.868. The van der Waals surface area contributed by atoms with E-state index in [9.17, 15) is 4.79 Å². The summed E-state index contributed by atoms with van der Waals surface area (Å²) < 4.78 is 0. The van der Waals surface area contributed by atoms with E-state index in [-0.39, 0.29) is 11.7 Å². The number of aromatic nitrogens is 1. The van der Waals surface area contributed by atoms with E-state index in [1.165, 1.54) is 4.88 Å². The van der Waals surface area contributed by atoms with Gasteiger partial charge in [-0.1, -0.05) is 42.5 Å². The molecule has 1 aliphatic heterocycles. The quantitative estimate of drug-likeness (QED) is 0.614. The van der Waals surface area contributed by atoms with Gasteiger partial charge in [-0.2, -0.15) is 0 Å². The number of nitrogens with zero attached hydrogens (tertiary/aromatic N) is 3. The molecule has 1 atom stereocenters. The van der Waals surface area contributed by atoms with Crippen LogP contribution < -0.4 is 4.90 Å². The zero-order chi connectivity index (χ0) is 18.8. The number of thiazole rings is 1. The Balaban J connectivity index is 1.49. The van der Waals surface area contributed by atoms with E-state index in [0.717, 1.165) is 53.9 Å². The highest BCUT2D eigenvalue weighted by Gasteiger charge is 2.27. The number of rotatable bonds is 5. The van der Waals surface area contributed by atoms with Crippen LogP contribution in [-0.2, 0) is 6.54 Å². The Morgan fingerprint density at radius 1 is 1.22 bits per heavy atom. The standard InChI is InChI=1S/C22H25N3OS/c1-24(2)22-23-13-18(27-22)15-25-12-6-9-17(14-25)21(26)20-11-5-8-16-7-3-4-10-19(16)20/h3-5,7-8,10-11,13,17H,6,9,12,14-15H2,1-2H3/t17-/m1/s1. The monoisotopic (exact) mass is 379 g/mol. The SMILES string of the molecule is CN(C)c1ncc(CN2CCC[C@@H](C(=O)c3cccc4ccccc34)C2)s1. The van der Waals surface area contributed by atoms with Crippen molar-refractivity contribution < 1.29 is 4.79 Å². The molecular weight excluding hydrogens is 354 g/mol. The van der Waals surface area contributed by atoms with Crippen LogP contribution in [0.3, 0.4) is 0 Å². The second-order valence-electron chi connectivity index (χ2n) is 7.47. The van der Waals surface area contributed by atoms with Crippen molar-refractivity contribution >= 4 is 33.0 Å². The van der Waals surface area contributed by atoms with Gasteiger partial charge < -0.3 is 4.90 Å². The summed E-state index contributed by atoms with van der Waals surface area (Å²) in [7, 11) is 4.03. The van der Waals surface area contributed by atoms with Gasteiger partial charge in [0, 0.05) is 49.7 Å². The molecule has 5 heteroatoms. The number of hydrogen-bond acceptors (Lipinski definition) is 5. The number of likely N-dealkylation sites (tertiary alicyclic amines) is 1. The van der Waals surface area contributed by atoms with Crippen molar-refractivity contribution in [3.8, 4) is 0 Å². The van der Waals surface area contributed by atoms with E-state index < -0.39 is 0 Å². The smallest absolute Gasteiger partial charge is 0.185 e. The van der Waals surface area contributed by atoms with Crippen LogP contribution in [0.1, 0.15) is 28.1 Å². The highest BCUT2D eigenvalue weighted by molar-refractivity contribution is 7.15. The van der Waals surface area contributed by atoms with Crippen LogP contribution in [-0.4, -0.2) is 42.9 Å². The number of carbonyl (C=O) groups is 1. The van der Waals surface area contributed by atoms with Crippen LogP contribution in [0.2, 0.25) is 0 Å². The van der Waals surface area contributed by atoms with Crippen molar-refractivity contribution in [2.75, 3.05) is 32.1 Å². The number of carbonyl (C=O) groups excluding carboxylic acids is 1. The number of ketones is 1. The van der Waals surface area contributed by atoms with Crippen LogP contribution >= 0.6 is 11.3 Å². The second kappa shape index (κ2) is 7.79. The van der Waals surface area contributed by atoms with Gasteiger partial charge in [-0.15, -0.1) is 11.3 Å².